The number of anilines is 1. The summed E-state index contributed by atoms with van der Waals surface area (Å²) < 4.78 is 30.1. The van der Waals surface area contributed by atoms with Gasteiger partial charge in [-0.15, -0.1) is 0 Å². The van der Waals surface area contributed by atoms with Gasteiger partial charge < -0.3 is 14.7 Å². The van der Waals surface area contributed by atoms with Gasteiger partial charge in [-0.2, -0.15) is 0 Å². The topological polar surface area (TPSA) is 70.1 Å². The second-order valence-electron chi connectivity index (χ2n) is 9.04. The van der Waals surface area contributed by atoms with Crippen LogP contribution >= 0.6 is 0 Å². The minimum absolute atomic E-state index is 0.0891. The maximum absolute atomic E-state index is 12.1. The van der Waals surface area contributed by atoms with Gasteiger partial charge in [0, 0.05) is 37.9 Å². The van der Waals surface area contributed by atoms with Crippen LogP contribution in [0.3, 0.4) is 0 Å². The molecular weight excluding hydrogens is 436 g/mol. The maximum atomic E-state index is 12.1. The van der Waals surface area contributed by atoms with E-state index < -0.39 is 15.9 Å². The number of ether oxygens (including phenoxy) is 1. The third kappa shape index (κ3) is 7.19. The van der Waals surface area contributed by atoms with Crippen LogP contribution in [0.2, 0.25) is 0 Å². The van der Waals surface area contributed by atoms with Gasteiger partial charge in [-0.25, -0.2) is 8.42 Å². The maximum Gasteiger partial charge on any atom is 0.151 e. The lowest BCUT2D eigenvalue weighted by atomic mass is 10.1. The molecule has 0 bridgehead atoms. The van der Waals surface area contributed by atoms with Crippen LogP contribution < -0.4 is 9.64 Å². The molecule has 1 heterocycles. The number of aliphatic hydroxyl groups excluding tert-OH is 1. The van der Waals surface area contributed by atoms with Crippen molar-refractivity contribution in [1.82, 2.24) is 4.90 Å². The van der Waals surface area contributed by atoms with Crippen molar-refractivity contribution >= 4 is 15.5 Å². The van der Waals surface area contributed by atoms with Gasteiger partial charge in [-0.1, -0.05) is 18.2 Å². The zero-order valence-corrected chi connectivity index (χ0v) is 21.1. The molecular formula is C26H38N2O4S. The quantitative estimate of drug-likeness (QED) is 0.537. The van der Waals surface area contributed by atoms with Crippen molar-refractivity contribution in [2.75, 3.05) is 42.6 Å². The lowest BCUT2D eigenvalue weighted by Gasteiger charge is -2.30. The first-order valence-electron chi connectivity index (χ1n) is 11.9. The van der Waals surface area contributed by atoms with Crippen molar-refractivity contribution in [1.29, 1.82) is 0 Å². The molecule has 2 unspecified atom stereocenters. The predicted octanol–water partition coefficient (Wildman–Crippen LogP) is 3.58. The lowest BCUT2D eigenvalue weighted by Crippen LogP contribution is -2.42. The fraction of sp³-hybridized carbons (Fsp3) is 0.538. The standard InChI is InChI=1S/C26H38N2O4S/c1-5-27(6-2)23-10-8-22(9-11-23)16-28(24-13-14-33(30,31)19-24)17-25(29)18-32-26-12-7-20(3)21(4)15-26/h7-12,15,24-25,29H,5-6,13-14,16-19H2,1-4H3. The molecule has 0 saturated carbocycles. The van der Waals surface area contributed by atoms with Crippen LogP contribution in [-0.2, 0) is 16.4 Å². The Hall–Kier alpha value is -2.09. The number of sulfone groups is 1. The molecule has 2 aromatic carbocycles. The van der Waals surface area contributed by atoms with Gasteiger partial charge in [0.05, 0.1) is 11.5 Å². The molecule has 0 spiro atoms. The Morgan fingerprint density at radius 1 is 1.06 bits per heavy atom. The van der Waals surface area contributed by atoms with E-state index in [1.807, 2.05) is 25.1 Å². The average molecular weight is 475 g/mol. The molecule has 0 radical (unpaired) electrons. The van der Waals surface area contributed by atoms with Gasteiger partial charge in [-0.3, -0.25) is 4.90 Å². The van der Waals surface area contributed by atoms with Crippen molar-refractivity contribution in [2.24, 2.45) is 0 Å². The molecule has 0 aliphatic carbocycles. The van der Waals surface area contributed by atoms with Crippen LogP contribution in [0.4, 0.5) is 5.69 Å². The van der Waals surface area contributed by atoms with E-state index in [1.165, 1.54) is 11.3 Å². The van der Waals surface area contributed by atoms with Gasteiger partial charge in [-0.05, 0) is 75.1 Å². The van der Waals surface area contributed by atoms with Crippen LogP contribution in [0.25, 0.3) is 0 Å². The molecule has 0 amide bonds. The first-order valence-corrected chi connectivity index (χ1v) is 13.7. The van der Waals surface area contributed by atoms with Crippen LogP contribution in [0.1, 0.15) is 37.0 Å². The highest BCUT2D eigenvalue weighted by Crippen LogP contribution is 2.23. The highest BCUT2D eigenvalue weighted by Gasteiger charge is 2.33. The molecule has 1 aliphatic rings. The third-order valence-electron chi connectivity index (χ3n) is 6.54. The highest BCUT2D eigenvalue weighted by molar-refractivity contribution is 7.91. The summed E-state index contributed by atoms with van der Waals surface area (Å²) in [4.78, 5) is 4.39. The van der Waals surface area contributed by atoms with Crippen molar-refractivity contribution in [3.8, 4) is 5.75 Å². The molecule has 182 valence electrons. The van der Waals surface area contributed by atoms with Crippen molar-refractivity contribution < 1.29 is 18.3 Å². The van der Waals surface area contributed by atoms with E-state index in [2.05, 4.69) is 54.8 Å². The molecule has 1 saturated heterocycles. The van der Waals surface area contributed by atoms with Crippen molar-refractivity contribution in [3.05, 3.63) is 59.2 Å². The largest absolute Gasteiger partial charge is 0.491 e. The van der Waals surface area contributed by atoms with E-state index in [-0.39, 0.29) is 24.2 Å². The van der Waals surface area contributed by atoms with E-state index >= 15 is 0 Å². The number of rotatable bonds is 11. The second-order valence-corrected chi connectivity index (χ2v) is 11.3. The Morgan fingerprint density at radius 2 is 1.76 bits per heavy atom. The van der Waals surface area contributed by atoms with E-state index in [0.717, 1.165) is 30.0 Å². The molecule has 2 aromatic rings. The molecule has 1 aliphatic heterocycles. The van der Waals surface area contributed by atoms with Crippen LogP contribution in [0, 0.1) is 13.8 Å². The smallest absolute Gasteiger partial charge is 0.151 e. The van der Waals surface area contributed by atoms with Crippen molar-refractivity contribution in [3.63, 3.8) is 0 Å². The van der Waals surface area contributed by atoms with Gasteiger partial charge in [0.2, 0.25) is 0 Å². The fourth-order valence-electron chi connectivity index (χ4n) is 4.36. The van der Waals surface area contributed by atoms with E-state index in [0.29, 0.717) is 19.5 Å². The number of hydrogen-bond donors (Lipinski definition) is 1. The van der Waals surface area contributed by atoms with E-state index in [9.17, 15) is 13.5 Å². The minimum atomic E-state index is -3.02. The zero-order valence-electron chi connectivity index (χ0n) is 20.3. The molecule has 0 aromatic heterocycles. The Bertz CT molecular complexity index is 1000. The lowest BCUT2D eigenvalue weighted by molar-refractivity contribution is 0.0524. The normalized spacial score (nSPS) is 18.4. The Morgan fingerprint density at radius 3 is 2.33 bits per heavy atom. The molecule has 7 heteroatoms. The summed E-state index contributed by atoms with van der Waals surface area (Å²) in [5.41, 5.74) is 4.63. The van der Waals surface area contributed by atoms with Crippen LogP contribution in [0.5, 0.6) is 5.75 Å². The molecule has 6 nitrogen and oxygen atoms in total. The number of hydrogen-bond acceptors (Lipinski definition) is 6. The summed E-state index contributed by atoms with van der Waals surface area (Å²) >= 11 is 0. The Balaban J connectivity index is 1.67. The van der Waals surface area contributed by atoms with Crippen LogP contribution in [0.15, 0.2) is 42.5 Å². The first kappa shape index (κ1) is 25.5. The highest BCUT2D eigenvalue weighted by atomic mass is 32.2. The van der Waals surface area contributed by atoms with Gasteiger partial charge in [0.15, 0.2) is 9.84 Å². The number of nitrogens with zero attached hydrogens (tertiary/aromatic N) is 2. The SMILES string of the molecule is CCN(CC)c1ccc(CN(CC(O)COc2ccc(C)c(C)c2)C2CCS(=O)(=O)C2)cc1. The fourth-order valence-corrected chi connectivity index (χ4v) is 6.12. The third-order valence-corrected chi connectivity index (χ3v) is 8.29. The Labute approximate surface area is 199 Å². The predicted molar refractivity (Wildman–Crippen MR) is 135 cm³/mol. The van der Waals surface area contributed by atoms with Crippen LogP contribution in [-0.4, -0.2) is 68.3 Å². The van der Waals surface area contributed by atoms with E-state index in [4.69, 9.17) is 4.74 Å². The van der Waals surface area contributed by atoms with Gasteiger partial charge in [0.25, 0.3) is 0 Å². The average Bonchev–Trinajstić information content (AvgIpc) is 3.15. The number of aryl methyl sites for hydroxylation is 2. The number of benzene rings is 2. The summed E-state index contributed by atoms with van der Waals surface area (Å²) in [5, 5.41) is 10.7. The number of aliphatic hydroxyl groups is 1. The monoisotopic (exact) mass is 474 g/mol. The summed E-state index contributed by atoms with van der Waals surface area (Å²) in [7, 11) is -3.02. The van der Waals surface area contributed by atoms with Crippen molar-refractivity contribution in [2.45, 2.75) is 52.8 Å². The first-order chi connectivity index (χ1) is 15.7. The molecule has 33 heavy (non-hydrogen) atoms. The molecule has 1 fully saturated rings. The Kier molecular flexibility index (Phi) is 8.79. The summed E-state index contributed by atoms with van der Waals surface area (Å²) in [6.07, 6.45) is -0.116. The summed E-state index contributed by atoms with van der Waals surface area (Å²) in [6, 6.07) is 14.2. The molecule has 3 rings (SSSR count). The molecule has 1 N–H and O–H groups in total. The summed E-state index contributed by atoms with van der Waals surface area (Å²) in [5.74, 6) is 1.10. The summed E-state index contributed by atoms with van der Waals surface area (Å²) in [6.45, 7) is 11.4. The van der Waals surface area contributed by atoms with Gasteiger partial charge in [0.1, 0.15) is 18.5 Å². The molecule has 2 atom stereocenters. The van der Waals surface area contributed by atoms with Gasteiger partial charge >= 0.3 is 0 Å². The van der Waals surface area contributed by atoms with E-state index in [1.54, 1.807) is 0 Å². The second kappa shape index (κ2) is 11.4. The minimum Gasteiger partial charge on any atom is -0.491 e. The zero-order chi connectivity index (χ0) is 24.0.